The summed E-state index contributed by atoms with van der Waals surface area (Å²) in [5, 5.41) is 0. The molecular formula is C13H18N2O. The molecule has 1 heterocycles. The van der Waals surface area contributed by atoms with Crippen molar-refractivity contribution in [2.75, 3.05) is 7.11 Å². The molecule has 0 amide bonds. The minimum absolute atomic E-state index is 0.128. The number of nitrogens with zero attached hydrogens (tertiary/aromatic N) is 1. The van der Waals surface area contributed by atoms with Gasteiger partial charge in [-0.1, -0.05) is 6.42 Å². The molecule has 0 aromatic carbocycles. The highest BCUT2D eigenvalue weighted by Crippen LogP contribution is 2.62. The summed E-state index contributed by atoms with van der Waals surface area (Å²) in [6.45, 7) is 0. The molecule has 0 aliphatic heterocycles. The summed E-state index contributed by atoms with van der Waals surface area (Å²) in [7, 11) is 1.64. The van der Waals surface area contributed by atoms with Crippen LogP contribution in [-0.4, -0.2) is 12.1 Å². The Morgan fingerprint density at radius 1 is 1.38 bits per heavy atom. The van der Waals surface area contributed by atoms with Gasteiger partial charge in [0.1, 0.15) is 0 Å². The molecule has 2 N–H and O–H groups in total. The topological polar surface area (TPSA) is 48.1 Å². The summed E-state index contributed by atoms with van der Waals surface area (Å²) in [4.78, 5) is 4.12. The zero-order chi connectivity index (χ0) is 11.2. The molecule has 86 valence electrons. The Morgan fingerprint density at radius 2 is 2.12 bits per heavy atom. The van der Waals surface area contributed by atoms with Crippen LogP contribution in [-0.2, 0) is 5.54 Å². The maximum Gasteiger partial charge on any atom is 0.213 e. The zero-order valence-corrected chi connectivity index (χ0v) is 9.70. The summed E-state index contributed by atoms with van der Waals surface area (Å²) >= 11 is 0. The fourth-order valence-electron chi connectivity index (χ4n) is 3.35. The van der Waals surface area contributed by atoms with E-state index in [4.69, 9.17) is 10.5 Å². The van der Waals surface area contributed by atoms with E-state index in [-0.39, 0.29) is 5.54 Å². The molecule has 0 saturated heterocycles. The zero-order valence-electron chi connectivity index (χ0n) is 9.70. The van der Waals surface area contributed by atoms with Crippen LogP contribution in [0, 0.1) is 5.41 Å². The summed E-state index contributed by atoms with van der Waals surface area (Å²) in [5.41, 5.74) is 8.09. The molecule has 0 atom stereocenters. The summed E-state index contributed by atoms with van der Waals surface area (Å²) in [6, 6.07) is 4.00. The molecule has 2 fully saturated rings. The Bertz CT molecular complexity index is 404. The van der Waals surface area contributed by atoms with E-state index < -0.39 is 0 Å². The van der Waals surface area contributed by atoms with Gasteiger partial charge >= 0.3 is 0 Å². The van der Waals surface area contributed by atoms with Crippen LogP contribution >= 0.6 is 0 Å². The predicted octanol–water partition coefficient (Wildman–Crippen LogP) is 2.21. The van der Waals surface area contributed by atoms with E-state index in [1.54, 1.807) is 13.3 Å². The van der Waals surface area contributed by atoms with Crippen molar-refractivity contribution in [3.63, 3.8) is 0 Å². The first-order chi connectivity index (χ1) is 7.66. The average Bonchev–Trinajstić information content (AvgIpc) is 2.22. The molecule has 3 rings (SSSR count). The van der Waals surface area contributed by atoms with Gasteiger partial charge in [0.2, 0.25) is 5.88 Å². The van der Waals surface area contributed by atoms with Crippen LogP contribution in [0.15, 0.2) is 18.3 Å². The predicted molar refractivity (Wildman–Crippen MR) is 62.2 cm³/mol. The number of ether oxygens (including phenoxy) is 1. The standard InChI is InChI=1S/C13H18N2O/c1-16-11-7-10(3-6-15-11)13(14)8-12(9-13)4-2-5-12/h3,6-7H,2,4-5,8-9,14H2,1H3. The highest BCUT2D eigenvalue weighted by molar-refractivity contribution is 5.32. The van der Waals surface area contributed by atoms with Crippen LogP contribution < -0.4 is 10.5 Å². The number of nitrogens with two attached hydrogens (primary N) is 1. The van der Waals surface area contributed by atoms with Crippen LogP contribution in [0.2, 0.25) is 0 Å². The smallest absolute Gasteiger partial charge is 0.213 e. The second kappa shape index (κ2) is 3.20. The van der Waals surface area contributed by atoms with E-state index in [1.807, 2.05) is 12.1 Å². The normalized spacial score (nSPS) is 24.6. The average molecular weight is 218 g/mol. The SMILES string of the molecule is COc1cc(C2(N)CC3(CCC3)C2)ccn1. The number of pyridine rings is 1. The van der Waals surface area contributed by atoms with Crippen molar-refractivity contribution >= 4 is 0 Å². The second-order valence-electron chi connectivity index (χ2n) is 5.45. The molecule has 1 aromatic heterocycles. The molecule has 3 nitrogen and oxygen atoms in total. The lowest BCUT2D eigenvalue weighted by Gasteiger charge is -2.60. The Kier molecular flexibility index (Phi) is 2.02. The van der Waals surface area contributed by atoms with Crippen LogP contribution in [0.5, 0.6) is 5.88 Å². The first kappa shape index (κ1) is 10.1. The van der Waals surface area contributed by atoms with Crippen molar-refractivity contribution in [1.82, 2.24) is 4.98 Å². The molecule has 2 aliphatic rings. The van der Waals surface area contributed by atoms with Gasteiger partial charge in [-0.25, -0.2) is 4.98 Å². The Labute approximate surface area is 96.0 Å². The van der Waals surface area contributed by atoms with Crippen molar-refractivity contribution in [2.24, 2.45) is 11.1 Å². The van der Waals surface area contributed by atoms with Crippen molar-refractivity contribution in [3.8, 4) is 5.88 Å². The Morgan fingerprint density at radius 3 is 2.69 bits per heavy atom. The Hall–Kier alpha value is -1.09. The van der Waals surface area contributed by atoms with Gasteiger partial charge in [-0.3, -0.25) is 0 Å². The van der Waals surface area contributed by atoms with Crippen molar-refractivity contribution in [2.45, 2.75) is 37.6 Å². The second-order valence-corrected chi connectivity index (χ2v) is 5.45. The van der Waals surface area contributed by atoms with Crippen LogP contribution in [0.25, 0.3) is 0 Å². The first-order valence-corrected chi connectivity index (χ1v) is 5.95. The lowest BCUT2D eigenvalue weighted by Crippen LogP contribution is -2.58. The van der Waals surface area contributed by atoms with Gasteiger partial charge in [0.05, 0.1) is 7.11 Å². The van der Waals surface area contributed by atoms with E-state index in [0.29, 0.717) is 11.3 Å². The molecule has 0 unspecified atom stereocenters. The molecule has 2 aliphatic carbocycles. The van der Waals surface area contributed by atoms with E-state index >= 15 is 0 Å². The maximum atomic E-state index is 6.45. The molecule has 2 saturated carbocycles. The number of rotatable bonds is 2. The maximum absolute atomic E-state index is 6.45. The van der Waals surface area contributed by atoms with Gasteiger partial charge in [0.25, 0.3) is 0 Å². The van der Waals surface area contributed by atoms with E-state index in [2.05, 4.69) is 4.98 Å². The third-order valence-electron chi connectivity index (χ3n) is 4.31. The van der Waals surface area contributed by atoms with Crippen molar-refractivity contribution in [1.29, 1.82) is 0 Å². The summed E-state index contributed by atoms with van der Waals surface area (Å²) in [5.74, 6) is 0.664. The van der Waals surface area contributed by atoms with E-state index in [9.17, 15) is 0 Å². The minimum Gasteiger partial charge on any atom is -0.481 e. The quantitative estimate of drug-likeness (QED) is 0.828. The van der Waals surface area contributed by atoms with Crippen molar-refractivity contribution < 1.29 is 4.74 Å². The number of hydrogen-bond acceptors (Lipinski definition) is 3. The van der Waals surface area contributed by atoms with Gasteiger partial charge in [0, 0.05) is 17.8 Å². The van der Waals surface area contributed by atoms with Crippen molar-refractivity contribution in [3.05, 3.63) is 23.9 Å². The third kappa shape index (κ3) is 1.34. The number of methoxy groups -OCH3 is 1. The molecule has 3 heteroatoms. The summed E-state index contributed by atoms with van der Waals surface area (Å²) in [6.07, 6.45) is 8.17. The third-order valence-corrected chi connectivity index (χ3v) is 4.31. The molecular weight excluding hydrogens is 200 g/mol. The van der Waals surface area contributed by atoms with Crippen LogP contribution in [0.4, 0.5) is 0 Å². The lowest BCUT2D eigenvalue weighted by molar-refractivity contribution is -0.0463. The van der Waals surface area contributed by atoms with Gasteiger partial charge in [-0.15, -0.1) is 0 Å². The monoisotopic (exact) mass is 218 g/mol. The molecule has 1 spiro atoms. The highest BCUT2D eigenvalue weighted by atomic mass is 16.5. The summed E-state index contributed by atoms with van der Waals surface area (Å²) < 4.78 is 5.14. The highest BCUT2D eigenvalue weighted by Gasteiger charge is 2.55. The lowest BCUT2D eigenvalue weighted by atomic mass is 9.47. The molecule has 0 bridgehead atoms. The number of aromatic nitrogens is 1. The minimum atomic E-state index is -0.128. The fourth-order valence-corrected chi connectivity index (χ4v) is 3.35. The van der Waals surface area contributed by atoms with Gasteiger partial charge in [-0.2, -0.15) is 0 Å². The van der Waals surface area contributed by atoms with E-state index in [0.717, 1.165) is 12.8 Å². The number of hydrogen-bond donors (Lipinski definition) is 1. The van der Waals surface area contributed by atoms with Crippen LogP contribution in [0.3, 0.4) is 0 Å². The van der Waals surface area contributed by atoms with Gasteiger partial charge in [-0.05, 0) is 42.7 Å². The van der Waals surface area contributed by atoms with E-state index in [1.165, 1.54) is 24.8 Å². The van der Waals surface area contributed by atoms with Crippen LogP contribution in [0.1, 0.15) is 37.7 Å². The molecule has 1 aromatic rings. The van der Waals surface area contributed by atoms with Gasteiger partial charge < -0.3 is 10.5 Å². The molecule has 0 radical (unpaired) electrons. The van der Waals surface area contributed by atoms with Gasteiger partial charge in [0.15, 0.2) is 0 Å². The molecule has 16 heavy (non-hydrogen) atoms. The Balaban J connectivity index is 1.81. The first-order valence-electron chi connectivity index (χ1n) is 5.95. The fraction of sp³-hybridized carbons (Fsp3) is 0.615. The largest absolute Gasteiger partial charge is 0.481 e.